The third-order valence-electron chi connectivity index (χ3n) is 2.07. The molecule has 0 amide bonds. The number of rotatable bonds is 3. The highest BCUT2D eigenvalue weighted by molar-refractivity contribution is 9.10. The van der Waals surface area contributed by atoms with Gasteiger partial charge in [-0.15, -0.1) is 11.3 Å². The molecule has 2 aromatic rings. The van der Waals surface area contributed by atoms with Crippen LogP contribution < -0.4 is 0 Å². The van der Waals surface area contributed by atoms with Gasteiger partial charge in [-0.05, 0) is 34.1 Å². The summed E-state index contributed by atoms with van der Waals surface area (Å²) in [5, 5.41) is 10.9. The number of benzene rings is 1. The van der Waals surface area contributed by atoms with Crippen molar-refractivity contribution < 1.29 is 14.3 Å². The molecule has 3 nitrogen and oxygen atoms in total. The first-order valence-electron chi connectivity index (χ1n) is 4.68. The van der Waals surface area contributed by atoms with Crippen LogP contribution >= 0.6 is 27.3 Å². The number of carbonyl (C=O) groups is 1. The van der Waals surface area contributed by atoms with Crippen LogP contribution in [0.5, 0.6) is 0 Å². The molecule has 0 unspecified atom stereocenters. The molecule has 6 heteroatoms. The van der Waals surface area contributed by atoms with Crippen LogP contribution in [0.25, 0.3) is 11.3 Å². The Kier molecular flexibility index (Phi) is 3.54. The number of carboxylic acid groups (broad SMARTS) is 1. The van der Waals surface area contributed by atoms with E-state index in [4.69, 9.17) is 5.11 Å². The van der Waals surface area contributed by atoms with E-state index in [9.17, 15) is 9.18 Å². The van der Waals surface area contributed by atoms with Crippen molar-refractivity contribution in [1.29, 1.82) is 0 Å². The maximum Gasteiger partial charge on any atom is 0.310 e. The third-order valence-corrected chi connectivity index (χ3v) is 3.53. The van der Waals surface area contributed by atoms with E-state index in [2.05, 4.69) is 20.9 Å². The summed E-state index contributed by atoms with van der Waals surface area (Å²) in [4.78, 5) is 14.7. The molecule has 0 spiro atoms. The molecule has 1 heterocycles. The topological polar surface area (TPSA) is 50.2 Å². The zero-order valence-corrected chi connectivity index (χ0v) is 10.9. The molecule has 0 fully saturated rings. The van der Waals surface area contributed by atoms with Crippen LogP contribution in [0.4, 0.5) is 4.39 Å². The van der Waals surface area contributed by atoms with Crippen molar-refractivity contribution in [2.24, 2.45) is 0 Å². The lowest BCUT2D eigenvalue weighted by atomic mass is 10.2. The number of nitrogens with zero attached hydrogens (tertiary/aromatic N) is 1. The molecule has 0 saturated carbocycles. The number of aliphatic carboxylic acids is 1. The first-order chi connectivity index (χ1) is 8.06. The fraction of sp³-hybridized carbons (Fsp3) is 0.0909. The molecule has 0 bridgehead atoms. The average molecular weight is 316 g/mol. The molecular formula is C11H7BrFNO2S. The summed E-state index contributed by atoms with van der Waals surface area (Å²) < 4.78 is 13.4. The molecular weight excluding hydrogens is 309 g/mol. The largest absolute Gasteiger partial charge is 0.481 e. The molecule has 1 aromatic heterocycles. The van der Waals surface area contributed by atoms with Gasteiger partial charge in [0.1, 0.15) is 10.8 Å². The Balaban J connectivity index is 2.30. The van der Waals surface area contributed by atoms with Crippen molar-refractivity contribution in [3.8, 4) is 11.3 Å². The Hall–Kier alpha value is -1.27. The van der Waals surface area contributed by atoms with Crippen LogP contribution in [0.1, 0.15) is 5.01 Å². The highest BCUT2D eigenvalue weighted by atomic mass is 79.9. The summed E-state index contributed by atoms with van der Waals surface area (Å²) in [6, 6.07) is 4.57. The standard InChI is InChI=1S/C11H7BrFNO2S/c12-7-3-6(1-2-8(7)13)9-5-17-10(14-9)4-11(15)16/h1-3,5H,4H2,(H,15,16). The molecule has 17 heavy (non-hydrogen) atoms. The molecule has 88 valence electrons. The van der Waals surface area contributed by atoms with Crippen molar-refractivity contribution in [1.82, 2.24) is 4.98 Å². The van der Waals surface area contributed by atoms with E-state index in [1.54, 1.807) is 17.5 Å². The lowest BCUT2D eigenvalue weighted by Gasteiger charge is -1.98. The van der Waals surface area contributed by atoms with Crippen molar-refractivity contribution in [3.05, 3.63) is 38.9 Å². The maximum absolute atomic E-state index is 13.0. The fourth-order valence-electron chi connectivity index (χ4n) is 1.31. The average Bonchev–Trinajstić information content (AvgIpc) is 2.69. The Morgan fingerprint density at radius 1 is 1.53 bits per heavy atom. The van der Waals surface area contributed by atoms with E-state index in [-0.39, 0.29) is 12.2 Å². The van der Waals surface area contributed by atoms with Gasteiger partial charge in [0.2, 0.25) is 0 Å². The Labute approximate surface area is 109 Å². The van der Waals surface area contributed by atoms with Crippen LogP contribution in [-0.4, -0.2) is 16.1 Å². The molecule has 0 aliphatic heterocycles. The molecule has 0 saturated heterocycles. The molecule has 0 aliphatic carbocycles. The summed E-state index contributed by atoms with van der Waals surface area (Å²) in [5.41, 5.74) is 1.41. The second-order valence-electron chi connectivity index (χ2n) is 3.33. The zero-order valence-electron chi connectivity index (χ0n) is 8.48. The van der Waals surface area contributed by atoms with Crippen LogP contribution in [-0.2, 0) is 11.2 Å². The molecule has 1 aromatic carbocycles. The van der Waals surface area contributed by atoms with Crippen molar-refractivity contribution in [3.63, 3.8) is 0 Å². The summed E-state index contributed by atoms with van der Waals surface area (Å²) in [7, 11) is 0. The van der Waals surface area contributed by atoms with Crippen molar-refractivity contribution in [2.75, 3.05) is 0 Å². The van der Waals surface area contributed by atoms with Gasteiger partial charge in [0.25, 0.3) is 0 Å². The number of halogens is 2. The van der Waals surface area contributed by atoms with E-state index in [0.717, 1.165) is 5.56 Å². The Morgan fingerprint density at radius 2 is 2.29 bits per heavy atom. The lowest BCUT2D eigenvalue weighted by molar-refractivity contribution is -0.136. The van der Waals surface area contributed by atoms with E-state index >= 15 is 0 Å². The first-order valence-corrected chi connectivity index (χ1v) is 6.35. The number of hydrogen-bond donors (Lipinski definition) is 1. The number of aromatic nitrogens is 1. The third kappa shape index (κ3) is 2.89. The Bertz CT molecular complexity index is 570. The zero-order chi connectivity index (χ0) is 12.4. The van der Waals surface area contributed by atoms with Gasteiger partial charge in [-0.2, -0.15) is 0 Å². The second kappa shape index (κ2) is 4.93. The van der Waals surface area contributed by atoms with Gasteiger partial charge >= 0.3 is 5.97 Å². The second-order valence-corrected chi connectivity index (χ2v) is 5.12. The van der Waals surface area contributed by atoms with Gasteiger partial charge < -0.3 is 5.11 Å². The van der Waals surface area contributed by atoms with Crippen LogP contribution in [0, 0.1) is 5.82 Å². The minimum Gasteiger partial charge on any atom is -0.481 e. The van der Waals surface area contributed by atoms with Gasteiger partial charge in [-0.25, -0.2) is 9.37 Å². The number of carboxylic acids is 1. The smallest absolute Gasteiger partial charge is 0.310 e. The van der Waals surface area contributed by atoms with Gasteiger partial charge in [0.15, 0.2) is 0 Å². The predicted octanol–water partition coefficient (Wildman–Crippen LogP) is 3.34. The van der Waals surface area contributed by atoms with Crippen molar-refractivity contribution >= 4 is 33.2 Å². The normalized spacial score (nSPS) is 10.5. The van der Waals surface area contributed by atoms with Gasteiger partial charge in [0.05, 0.1) is 16.6 Å². The Morgan fingerprint density at radius 3 is 2.94 bits per heavy atom. The summed E-state index contributed by atoms with van der Waals surface area (Å²) in [6.07, 6.45) is -0.0902. The summed E-state index contributed by atoms with van der Waals surface area (Å²) >= 11 is 4.38. The van der Waals surface area contributed by atoms with E-state index in [0.29, 0.717) is 15.2 Å². The summed E-state index contributed by atoms with van der Waals surface area (Å²) in [6.45, 7) is 0. The van der Waals surface area contributed by atoms with Gasteiger partial charge in [0, 0.05) is 10.9 Å². The van der Waals surface area contributed by atoms with Crippen LogP contribution in [0.2, 0.25) is 0 Å². The van der Waals surface area contributed by atoms with Crippen LogP contribution in [0.3, 0.4) is 0 Å². The number of hydrogen-bond acceptors (Lipinski definition) is 3. The predicted molar refractivity (Wildman–Crippen MR) is 66.5 cm³/mol. The van der Waals surface area contributed by atoms with Gasteiger partial charge in [-0.1, -0.05) is 0 Å². The van der Waals surface area contributed by atoms with Gasteiger partial charge in [-0.3, -0.25) is 4.79 Å². The highest BCUT2D eigenvalue weighted by Crippen LogP contribution is 2.26. The lowest BCUT2D eigenvalue weighted by Crippen LogP contribution is -1.99. The molecule has 2 rings (SSSR count). The molecule has 0 aliphatic rings. The highest BCUT2D eigenvalue weighted by Gasteiger charge is 2.09. The van der Waals surface area contributed by atoms with E-state index in [1.165, 1.54) is 17.4 Å². The van der Waals surface area contributed by atoms with E-state index < -0.39 is 5.97 Å². The monoisotopic (exact) mass is 315 g/mol. The molecule has 0 atom stereocenters. The summed E-state index contributed by atoms with van der Waals surface area (Å²) in [5.74, 6) is -1.25. The fourth-order valence-corrected chi connectivity index (χ4v) is 2.48. The maximum atomic E-state index is 13.0. The SMILES string of the molecule is O=C(O)Cc1nc(-c2ccc(F)c(Br)c2)cs1. The minimum absolute atomic E-state index is 0.0902. The first kappa shape index (κ1) is 12.2. The quantitative estimate of drug-likeness (QED) is 0.945. The molecule has 0 radical (unpaired) electrons. The van der Waals surface area contributed by atoms with Crippen LogP contribution in [0.15, 0.2) is 28.1 Å². The van der Waals surface area contributed by atoms with Crippen molar-refractivity contribution in [2.45, 2.75) is 6.42 Å². The molecule has 1 N–H and O–H groups in total. The number of thiazole rings is 1. The van der Waals surface area contributed by atoms with E-state index in [1.807, 2.05) is 0 Å². The minimum atomic E-state index is -0.911.